The maximum atomic E-state index is 9.22. The Morgan fingerprint density at radius 2 is 2.00 bits per heavy atom. The zero-order chi connectivity index (χ0) is 10.7. The van der Waals surface area contributed by atoms with E-state index in [-0.39, 0.29) is 12.6 Å². The number of aliphatic hydroxyl groups excluding tert-OH is 1. The van der Waals surface area contributed by atoms with Crippen LogP contribution in [0.25, 0.3) is 0 Å². The van der Waals surface area contributed by atoms with E-state index in [1.54, 1.807) is 0 Å². The predicted molar refractivity (Wildman–Crippen MR) is 58.9 cm³/mol. The van der Waals surface area contributed by atoms with Crippen molar-refractivity contribution in [1.82, 2.24) is 0 Å². The van der Waals surface area contributed by atoms with Crippen molar-refractivity contribution in [1.29, 1.82) is 0 Å². The second kappa shape index (κ2) is 4.58. The summed E-state index contributed by atoms with van der Waals surface area (Å²) in [6.45, 7) is 6.30. The molecule has 0 amide bonds. The van der Waals surface area contributed by atoms with Crippen molar-refractivity contribution < 1.29 is 5.11 Å². The van der Waals surface area contributed by atoms with E-state index < -0.39 is 0 Å². The Hall–Kier alpha value is -0.860. The number of benzene rings is 1. The first kappa shape index (κ1) is 11.2. The molecule has 0 heterocycles. The van der Waals surface area contributed by atoms with Crippen molar-refractivity contribution in [3.05, 3.63) is 34.9 Å². The lowest BCUT2D eigenvalue weighted by molar-refractivity contribution is 0.278. The molecule has 3 N–H and O–H groups in total. The molecule has 0 aromatic heterocycles. The number of hydrogen-bond acceptors (Lipinski definition) is 2. The Balaban J connectivity index is 3.16. The number of nitrogens with two attached hydrogens (primary N) is 1. The lowest BCUT2D eigenvalue weighted by Gasteiger charge is -2.21. The monoisotopic (exact) mass is 193 g/mol. The standard InChI is InChI=1S/C12H19NO/c1-8(2)12(13)11-9(3)5-4-6-10(11)7-14/h4-6,8,12,14H,7,13H2,1-3H3/t12-/m1/s1. The molecule has 1 aromatic rings. The first-order valence-electron chi connectivity index (χ1n) is 5.02. The van der Waals surface area contributed by atoms with Crippen molar-refractivity contribution in [3.63, 3.8) is 0 Å². The highest BCUT2D eigenvalue weighted by Crippen LogP contribution is 2.25. The summed E-state index contributed by atoms with van der Waals surface area (Å²) in [6, 6.07) is 5.94. The van der Waals surface area contributed by atoms with Crippen LogP contribution in [0.3, 0.4) is 0 Å². The third-order valence-corrected chi connectivity index (χ3v) is 2.64. The zero-order valence-electron chi connectivity index (χ0n) is 9.12. The second-order valence-corrected chi connectivity index (χ2v) is 4.08. The van der Waals surface area contributed by atoms with Crippen LogP contribution >= 0.6 is 0 Å². The van der Waals surface area contributed by atoms with Crippen molar-refractivity contribution in [3.8, 4) is 0 Å². The Morgan fingerprint density at radius 1 is 1.36 bits per heavy atom. The number of aryl methyl sites for hydroxylation is 1. The summed E-state index contributed by atoms with van der Waals surface area (Å²) in [5.41, 5.74) is 9.32. The molecule has 0 spiro atoms. The first-order valence-corrected chi connectivity index (χ1v) is 5.02. The van der Waals surface area contributed by atoms with E-state index in [4.69, 9.17) is 5.73 Å². The van der Waals surface area contributed by atoms with E-state index >= 15 is 0 Å². The maximum Gasteiger partial charge on any atom is 0.0685 e. The van der Waals surface area contributed by atoms with Gasteiger partial charge in [0.1, 0.15) is 0 Å². The van der Waals surface area contributed by atoms with Crippen LogP contribution in [-0.2, 0) is 6.61 Å². The van der Waals surface area contributed by atoms with Crippen molar-refractivity contribution in [2.45, 2.75) is 33.4 Å². The largest absolute Gasteiger partial charge is 0.392 e. The Labute approximate surface area is 85.8 Å². The molecule has 0 unspecified atom stereocenters. The first-order chi connectivity index (χ1) is 6.57. The molecule has 0 bridgehead atoms. The van der Waals surface area contributed by atoms with Crippen LogP contribution in [0.1, 0.15) is 36.6 Å². The molecule has 2 nitrogen and oxygen atoms in total. The quantitative estimate of drug-likeness (QED) is 0.772. The molecule has 0 aliphatic rings. The van der Waals surface area contributed by atoms with E-state index in [1.807, 2.05) is 25.1 Å². The van der Waals surface area contributed by atoms with Gasteiger partial charge < -0.3 is 10.8 Å². The highest BCUT2D eigenvalue weighted by molar-refractivity contribution is 5.36. The maximum absolute atomic E-state index is 9.22. The normalized spacial score (nSPS) is 13.3. The van der Waals surface area contributed by atoms with Crippen molar-refractivity contribution in [2.75, 3.05) is 0 Å². The molecular weight excluding hydrogens is 174 g/mol. The highest BCUT2D eigenvalue weighted by atomic mass is 16.3. The predicted octanol–water partition coefficient (Wildman–Crippen LogP) is 2.14. The molecule has 1 aromatic carbocycles. The van der Waals surface area contributed by atoms with Crippen LogP contribution in [0.2, 0.25) is 0 Å². The minimum Gasteiger partial charge on any atom is -0.392 e. The fraction of sp³-hybridized carbons (Fsp3) is 0.500. The van der Waals surface area contributed by atoms with E-state index in [9.17, 15) is 5.11 Å². The van der Waals surface area contributed by atoms with Gasteiger partial charge in [-0.2, -0.15) is 0 Å². The van der Waals surface area contributed by atoms with Gasteiger partial charge in [0.15, 0.2) is 0 Å². The second-order valence-electron chi connectivity index (χ2n) is 4.08. The summed E-state index contributed by atoms with van der Waals surface area (Å²) in [4.78, 5) is 0. The number of rotatable bonds is 3. The van der Waals surface area contributed by atoms with Gasteiger partial charge in [0.2, 0.25) is 0 Å². The van der Waals surface area contributed by atoms with Gasteiger partial charge in [0.25, 0.3) is 0 Å². The molecular formula is C12H19NO. The fourth-order valence-electron chi connectivity index (χ4n) is 1.69. The molecule has 14 heavy (non-hydrogen) atoms. The van der Waals surface area contributed by atoms with Crippen LogP contribution in [0.15, 0.2) is 18.2 Å². The summed E-state index contributed by atoms with van der Waals surface area (Å²) < 4.78 is 0. The van der Waals surface area contributed by atoms with Gasteiger partial charge in [0.05, 0.1) is 6.61 Å². The SMILES string of the molecule is Cc1cccc(CO)c1[C@H](N)C(C)C. The van der Waals surface area contributed by atoms with Crippen LogP contribution in [0.4, 0.5) is 0 Å². The molecule has 0 fully saturated rings. The summed E-state index contributed by atoms with van der Waals surface area (Å²) in [7, 11) is 0. The molecule has 0 aliphatic heterocycles. The third-order valence-electron chi connectivity index (χ3n) is 2.64. The smallest absolute Gasteiger partial charge is 0.0685 e. The van der Waals surface area contributed by atoms with Crippen molar-refractivity contribution in [2.24, 2.45) is 11.7 Å². The lowest BCUT2D eigenvalue weighted by atomic mass is 9.90. The average molecular weight is 193 g/mol. The van der Waals surface area contributed by atoms with Gasteiger partial charge in [-0.25, -0.2) is 0 Å². The summed E-state index contributed by atoms with van der Waals surface area (Å²) >= 11 is 0. The summed E-state index contributed by atoms with van der Waals surface area (Å²) in [6.07, 6.45) is 0. The molecule has 0 aliphatic carbocycles. The van der Waals surface area contributed by atoms with Gasteiger partial charge in [-0.1, -0.05) is 32.0 Å². The summed E-state index contributed by atoms with van der Waals surface area (Å²) in [5, 5.41) is 9.22. The number of aliphatic hydroxyl groups is 1. The molecule has 1 rings (SSSR count). The Morgan fingerprint density at radius 3 is 2.50 bits per heavy atom. The average Bonchev–Trinajstić information content (AvgIpc) is 2.16. The van der Waals surface area contributed by atoms with E-state index in [0.717, 1.165) is 16.7 Å². The van der Waals surface area contributed by atoms with Gasteiger partial charge in [-0.05, 0) is 29.5 Å². The Kier molecular flexibility index (Phi) is 3.67. The van der Waals surface area contributed by atoms with Gasteiger partial charge in [0, 0.05) is 6.04 Å². The molecule has 0 saturated heterocycles. The Bertz CT molecular complexity index is 307. The minimum atomic E-state index is 0.0124. The van der Waals surface area contributed by atoms with Crippen LogP contribution in [0, 0.1) is 12.8 Å². The molecule has 78 valence electrons. The van der Waals surface area contributed by atoms with Gasteiger partial charge >= 0.3 is 0 Å². The molecule has 0 saturated carbocycles. The topological polar surface area (TPSA) is 46.2 Å². The molecule has 2 heteroatoms. The summed E-state index contributed by atoms with van der Waals surface area (Å²) in [5.74, 6) is 0.390. The zero-order valence-corrected chi connectivity index (χ0v) is 9.12. The van der Waals surface area contributed by atoms with Crippen LogP contribution in [-0.4, -0.2) is 5.11 Å². The van der Waals surface area contributed by atoms with Crippen molar-refractivity contribution >= 4 is 0 Å². The third kappa shape index (κ3) is 2.14. The van der Waals surface area contributed by atoms with Crippen LogP contribution in [0.5, 0.6) is 0 Å². The van der Waals surface area contributed by atoms with E-state index in [2.05, 4.69) is 13.8 Å². The molecule has 1 atom stereocenters. The van der Waals surface area contributed by atoms with Crippen LogP contribution < -0.4 is 5.73 Å². The van der Waals surface area contributed by atoms with Gasteiger partial charge in [-0.15, -0.1) is 0 Å². The fourth-order valence-corrected chi connectivity index (χ4v) is 1.69. The minimum absolute atomic E-state index is 0.0124. The molecule has 0 radical (unpaired) electrons. The lowest BCUT2D eigenvalue weighted by Crippen LogP contribution is -2.19. The highest BCUT2D eigenvalue weighted by Gasteiger charge is 2.15. The van der Waals surface area contributed by atoms with E-state index in [0.29, 0.717) is 5.92 Å². The number of hydrogen-bond donors (Lipinski definition) is 2. The van der Waals surface area contributed by atoms with E-state index in [1.165, 1.54) is 0 Å². The van der Waals surface area contributed by atoms with Gasteiger partial charge in [-0.3, -0.25) is 0 Å².